The number of aryl methyl sites for hydroxylation is 1. The van der Waals surface area contributed by atoms with Crippen LogP contribution < -0.4 is 5.73 Å². The minimum Gasteiger partial charge on any atom is -0.323 e. The minimum atomic E-state index is -1.49. The average Bonchev–Trinajstić information content (AvgIpc) is 2.68. The van der Waals surface area contributed by atoms with Crippen LogP contribution in [0.15, 0.2) is 12.1 Å². The summed E-state index contributed by atoms with van der Waals surface area (Å²) < 4.78 is 39.8. The van der Waals surface area contributed by atoms with Crippen LogP contribution in [0.25, 0.3) is 11.3 Å². The molecule has 2 N–H and O–H groups in total. The smallest absolute Gasteiger partial charge is 0.195 e. The van der Waals surface area contributed by atoms with Crippen molar-refractivity contribution in [2.45, 2.75) is 19.9 Å². The van der Waals surface area contributed by atoms with Gasteiger partial charge in [-0.15, -0.1) is 11.3 Å². The van der Waals surface area contributed by atoms with E-state index in [1.807, 2.05) is 0 Å². The quantitative estimate of drug-likeness (QED) is 0.849. The zero-order chi connectivity index (χ0) is 13.4. The zero-order valence-electron chi connectivity index (χ0n) is 9.80. The third kappa shape index (κ3) is 2.13. The van der Waals surface area contributed by atoms with Crippen molar-refractivity contribution in [1.29, 1.82) is 0 Å². The molecule has 1 aromatic heterocycles. The Balaban J connectivity index is 2.66. The molecule has 6 heteroatoms. The molecule has 1 atom stereocenters. The summed E-state index contributed by atoms with van der Waals surface area (Å²) in [6.07, 6.45) is 0. The molecule has 2 nitrogen and oxygen atoms in total. The van der Waals surface area contributed by atoms with Crippen molar-refractivity contribution < 1.29 is 13.2 Å². The van der Waals surface area contributed by atoms with Crippen LogP contribution in [0, 0.1) is 24.4 Å². The molecular weight excluding hydrogens is 261 g/mol. The summed E-state index contributed by atoms with van der Waals surface area (Å²) in [5, 5.41) is 0.696. The predicted molar refractivity (Wildman–Crippen MR) is 64.8 cm³/mol. The van der Waals surface area contributed by atoms with Gasteiger partial charge in [-0.3, -0.25) is 0 Å². The van der Waals surface area contributed by atoms with E-state index in [-0.39, 0.29) is 17.3 Å². The molecular formula is C12H11F3N2S. The molecule has 2 aromatic rings. The summed E-state index contributed by atoms with van der Waals surface area (Å²) >= 11 is 1.32. The number of benzene rings is 1. The van der Waals surface area contributed by atoms with Crippen molar-refractivity contribution in [3.63, 3.8) is 0 Å². The van der Waals surface area contributed by atoms with Gasteiger partial charge in [-0.2, -0.15) is 0 Å². The van der Waals surface area contributed by atoms with Crippen molar-refractivity contribution in [2.75, 3.05) is 0 Å². The van der Waals surface area contributed by atoms with Gasteiger partial charge >= 0.3 is 0 Å². The van der Waals surface area contributed by atoms with E-state index in [0.29, 0.717) is 9.88 Å². The molecule has 0 saturated carbocycles. The molecule has 0 aliphatic carbocycles. The molecule has 0 fully saturated rings. The molecule has 1 unspecified atom stereocenters. The minimum absolute atomic E-state index is 0.0643. The molecule has 96 valence electrons. The van der Waals surface area contributed by atoms with Crippen LogP contribution in [-0.4, -0.2) is 4.98 Å². The molecule has 0 bridgehead atoms. The van der Waals surface area contributed by atoms with Gasteiger partial charge in [-0.05, 0) is 26.0 Å². The highest BCUT2D eigenvalue weighted by Gasteiger charge is 2.21. The average molecular weight is 272 g/mol. The standard InChI is InChI=1S/C12H11F3N2S/c1-5(16)12-11(17-6(2)18-12)7-3-4-8(13)10(15)9(7)14/h3-5H,16H2,1-2H3. The van der Waals surface area contributed by atoms with Crippen molar-refractivity contribution in [3.05, 3.63) is 39.5 Å². The van der Waals surface area contributed by atoms with Gasteiger partial charge in [0.25, 0.3) is 0 Å². The van der Waals surface area contributed by atoms with Gasteiger partial charge in [0, 0.05) is 16.5 Å². The second kappa shape index (κ2) is 4.70. The third-order valence-corrected chi connectivity index (χ3v) is 3.64. The molecule has 0 saturated heterocycles. The highest BCUT2D eigenvalue weighted by atomic mass is 32.1. The first-order valence-electron chi connectivity index (χ1n) is 5.28. The molecule has 0 aliphatic rings. The summed E-state index contributed by atoms with van der Waals surface area (Å²) in [5.74, 6) is -3.94. The number of nitrogens with two attached hydrogens (primary N) is 1. The Hall–Kier alpha value is -1.40. The van der Waals surface area contributed by atoms with E-state index < -0.39 is 17.5 Å². The molecule has 18 heavy (non-hydrogen) atoms. The SMILES string of the molecule is Cc1nc(-c2ccc(F)c(F)c2F)c(C(C)N)s1. The first kappa shape index (κ1) is 13.0. The maximum atomic E-state index is 13.7. The van der Waals surface area contributed by atoms with Crippen LogP contribution in [0.2, 0.25) is 0 Å². The summed E-state index contributed by atoms with van der Waals surface area (Å²) in [5.41, 5.74) is 5.98. The van der Waals surface area contributed by atoms with Crippen LogP contribution >= 0.6 is 11.3 Å². The van der Waals surface area contributed by atoms with Crippen LogP contribution in [0.4, 0.5) is 13.2 Å². The van der Waals surface area contributed by atoms with Gasteiger partial charge in [0.05, 0.1) is 10.7 Å². The fourth-order valence-corrected chi connectivity index (χ4v) is 2.55. The molecule has 0 radical (unpaired) electrons. The zero-order valence-corrected chi connectivity index (χ0v) is 10.6. The molecule has 1 aromatic carbocycles. The second-order valence-electron chi connectivity index (χ2n) is 3.96. The first-order chi connectivity index (χ1) is 8.41. The Bertz CT molecular complexity index is 593. The predicted octanol–water partition coefficient (Wildman–Crippen LogP) is 3.56. The fraction of sp³-hybridized carbons (Fsp3) is 0.250. The molecule has 0 aliphatic heterocycles. The monoisotopic (exact) mass is 272 g/mol. The van der Waals surface area contributed by atoms with Gasteiger partial charge < -0.3 is 5.73 Å². The number of hydrogen-bond acceptors (Lipinski definition) is 3. The highest BCUT2D eigenvalue weighted by Crippen LogP contribution is 2.34. The number of halogens is 3. The van der Waals surface area contributed by atoms with Gasteiger partial charge in [-0.25, -0.2) is 18.2 Å². The fourth-order valence-electron chi connectivity index (χ4n) is 1.65. The van der Waals surface area contributed by atoms with Crippen LogP contribution in [0.1, 0.15) is 22.9 Å². The van der Waals surface area contributed by atoms with Crippen molar-refractivity contribution in [3.8, 4) is 11.3 Å². The van der Waals surface area contributed by atoms with Crippen LogP contribution in [0.5, 0.6) is 0 Å². The third-order valence-electron chi connectivity index (χ3n) is 2.46. The number of thiazole rings is 1. The molecule has 0 amide bonds. The number of nitrogens with zero attached hydrogens (tertiary/aromatic N) is 1. The van der Waals surface area contributed by atoms with E-state index in [0.717, 1.165) is 6.07 Å². The normalized spacial score (nSPS) is 12.8. The van der Waals surface area contributed by atoms with Gasteiger partial charge in [0.1, 0.15) is 0 Å². The van der Waals surface area contributed by atoms with Crippen molar-refractivity contribution in [1.82, 2.24) is 4.98 Å². The molecule has 2 rings (SSSR count). The summed E-state index contributed by atoms with van der Waals surface area (Å²) in [6.45, 7) is 3.48. The number of hydrogen-bond donors (Lipinski definition) is 1. The lowest BCUT2D eigenvalue weighted by Gasteiger charge is -2.07. The lowest BCUT2D eigenvalue weighted by atomic mass is 10.1. The van der Waals surface area contributed by atoms with Crippen LogP contribution in [-0.2, 0) is 0 Å². The maximum Gasteiger partial charge on any atom is 0.195 e. The Morgan fingerprint density at radius 2 is 1.89 bits per heavy atom. The Kier molecular flexibility index (Phi) is 3.41. The Morgan fingerprint density at radius 1 is 1.22 bits per heavy atom. The van der Waals surface area contributed by atoms with E-state index in [1.54, 1.807) is 13.8 Å². The molecule has 1 heterocycles. The van der Waals surface area contributed by atoms with E-state index in [9.17, 15) is 13.2 Å². The van der Waals surface area contributed by atoms with Gasteiger partial charge in [0.15, 0.2) is 17.5 Å². The number of rotatable bonds is 2. The van der Waals surface area contributed by atoms with E-state index in [4.69, 9.17) is 5.73 Å². The van der Waals surface area contributed by atoms with E-state index in [1.165, 1.54) is 17.4 Å². The van der Waals surface area contributed by atoms with Crippen molar-refractivity contribution >= 4 is 11.3 Å². The second-order valence-corrected chi connectivity index (χ2v) is 5.19. The first-order valence-corrected chi connectivity index (χ1v) is 6.10. The highest BCUT2D eigenvalue weighted by molar-refractivity contribution is 7.12. The maximum absolute atomic E-state index is 13.7. The largest absolute Gasteiger partial charge is 0.323 e. The summed E-state index contributed by atoms with van der Waals surface area (Å²) in [4.78, 5) is 4.79. The lowest BCUT2D eigenvalue weighted by molar-refractivity contribution is 0.448. The van der Waals surface area contributed by atoms with Crippen molar-refractivity contribution in [2.24, 2.45) is 5.73 Å². The Labute approximate surface area is 106 Å². The van der Waals surface area contributed by atoms with Gasteiger partial charge in [0.2, 0.25) is 0 Å². The van der Waals surface area contributed by atoms with E-state index in [2.05, 4.69) is 4.98 Å². The van der Waals surface area contributed by atoms with E-state index >= 15 is 0 Å². The lowest BCUT2D eigenvalue weighted by Crippen LogP contribution is -2.05. The summed E-state index contributed by atoms with van der Waals surface area (Å²) in [7, 11) is 0. The number of aromatic nitrogens is 1. The molecule has 0 spiro atoms. The van der Waals surface area contributed by atoms with Gasteiger partial charge in [-0.1, -0.05) is 0 Å². The topological polar surface area (TPSA) is 38.9 Å². The van der Waals surface area contributed by atoms with Crippen LogP contribution in [0.3, 0.4) is 0 Å². The summed E-state index contributed by atoms with van der Waals surface area (Å²) in [6, 6.07) is 1.71. The Morgan fingerprint density at radius 3 is 2.50 bits per heavy atom.